The van der Waals surface area contributed by atoms with E-state index in [9.17, 15) is 0 Å². The van der Waals surface area contributed by atoms with Crippen LogP contribution in [0, 0.1) is 0 Å². The Morgan fingerprint density at radius 2 is 1.62 bits per heavy atom. The fourth-order valence-electron chi connectivity index (χ4n) is 2.72. The molecule has 0 unspecified atom stereocenters. The average molecular weight is 277 g/mol. The van der Waals surface area contributed by atoms with Crippen LogP contribution in [0.5, 0.6) is 11.5 Å². The molecule has 0 spiro atoms. The Morgan fingerprint density at radius 3 is 2.24 bits per heavy atom. The van der Waals surface area contributed by atoms with Crippen LogP contribution in [-0.2, 0) is 6.54 Å². The van der Waals surface area contributed by atoms with E-state index in [0.717, 1.165) is 34.9 Å². The molecule has 104 valence electrons. The van der Waals surface area contributed by atoms with E-state index in [1.807, 2.05) is 42.5 Å². The van der Waals surface area contributed by atoms with Gasteiger partial charge in [0, 0.05) is 29.6 Å². The van der Waals surface area contributed by atoms with Crippen LogP contribution in [0.4, 0.5) is 0 Å². The zero-order valence-corrected chi connectivity index (χ0v) is 11.4. The predicted molar refractivity (Wildman–Crippen MR) is 80.2 cm³/mol. The molecule has 1 aromatic heterocycles. The summed E-state index contributed by atoms with van der Waals surface area (Å²) in [5, 5.41) is 10.6. The van der Waals surface area contributed by atoms with E-state index in [2.05, 4.69) is 27.6 Å². The van der Waals surface area contributed by atoms with E-state index in [1.165, 1.54) is 0 Å². The fraction of sp³-hybridized carbons (Fsp3) is 0.118. The molecule has 0 fully saturated rings. The van der Waals surface area contributed by atoms with Crippen molar-refractivity contribution in [1.82, 2.24) is 15.5 Å². The SMILES string of the molecule is c1ccc2c(c1)Oc1ccccc1C2NCc1ccn[nH]1. The highest BCUT2D eigenvalue weighted by Crippen LogP contribution is 2.42. The van der Waals surface area contributed by atoms with E-state index in [1.54, 1.807) is 6.20 Å². The summed E-state index contributed by atoms with van der Waals surface area (Å²) in [5.74, 6) is 1.83. The molecule has 4 nitrogen and oxygen atoms in total. The van der Waals surface area contributed by atoms with Gasteiger partial charge in [0.15, 0.2) is 0 Å². The fourth-order valence-corrected chi connectivity index (χ4v) is 2.72. The molecule has 4 rings (SSSR count). The molecular weight excluding hydrogens is 262 g/mol. The van der Waals surface area contributed by atoms with Crippen molar-refractivity contribution in [3.63, 3.8) is 0 Å². The van der Waals surface area contributed by atoms with Gasteiger partial charge >= 0.3 is 0 Å². The smallest absolute Gasteiger partial charge is 0.132 e. The summed E-state index contributed by atoms with van der Waals surface area (Å²) in [6.07, 6.45) is 1.77. The second-order valence-corrected chi connectivity index (χ2v) is 5.07. The van der Waals surface area contributed by atoms with Gasteiger partial charge in [-0.25, -0.2) is 0 Å². The number of aromatic amines is 1. The summed E-state index contributed by atoms with van der Waals surface area (Å²) < 4.78 is 5.98. The van der Waals surface area contributed by atoms with Gasteiger partial charge in [-0.05, 0) is 18.2 Å². The highest BCUT2D eigenvalue weighted by atomic mass is 16.5. The topological polar surface area (TPSA) is 49.9 Å². The lowest BCUT2D eigenvalue weighted by atomic mass is 9.94. The monoisotopic (exact) mass is 277 g/mol. The Hall–Kier alpha value is -2.59. The van der Waals surface area contributed by atoms with Crippen LogP contribution >= 0.6 is 0 Å². The lowest BCUT2D eigenvalue weighted by molar-refractivity contribution is 0.427. The number of H-pyrrole nitrogens is 1. The van der Waals surface area contributed by atoms with Crippen LogP contribution < -0.4 is 10.1 Å². The molecule has 3 aromatic rings. The van der Waals surface area contributed by atoms with Crippen LogP contribution in [0.2, 0.25) is 0 Å². The van der Waals surface area contributed by atoms with Crippen molar-refractivity contribution in [1.29, 1.82) is 0 Å². The first-order valence-electron chi connectivity index (χ1n) is 6.99. The number of ether oxygens (including phenoxy) is 1. The minimum atomic E-state index is 0.120. The molecule has 2 heterocycles. The summed E-state index contributed by atoms with van der Waals surface area (Å²) in [6.45, 7) is 0.729. The molecule has 0 saturated heterocycles. The van der Waals surface area contributed by atoms with E-state index >= 15 is 0 Å². The number of benzene rings is 2. The number of rotatable bonds is 3. The summed E-state index contributed by atoms with van der Waals surface area (Å²) >= 11 is 0. The molecule has 0 saturated carbocycles. The molecule has 4 heteroatoms. The first-order valence-corrected chi connectivity index (χ1v) is 6.99. The van der Waals surface area contributed by atoms with Crippen molar-refractivity contribution in [2.75, 3.05) is 0 Å². The van der Waals surface area contributed by atoms with Crippen LogP contribution in [0.3, 0.4) is 0 Å². The first-order chi connectivity index (χ1) is 10.4. The number of aromatic nitrogens is 2. The molecule has 2 N–H and O–H groups in total. The summed E-state index contributed by atoms with van der Waals surface area (Å²) in [7, 11) is 0. The summed E-state index contributed by atoms with van der Waals surface area (Å²) in [5.41, 5.74) is 3.39. The van der Waals surface area contributed by atoms with Gasteiger partial charge < -0.3 is 10.1 Å². The quantitative estimate of drug-likeness (QED) is 0.771. The van der Waals surface area contributed by atoms with Crippen molar-refractivity contribution in [2.45, 2.75) is 12.6 Å². The third kappa shape index (κ3) is 2.19. The van der Waals surface area contributed by atoms with Gasteiger partial charge in [0.25, 0.3) is 0 Å². The minimum Gasteiger partial charge on any atom is -0.457 e. The minimum absolute atomic E-state index is 0.120. The number of nitrogens with zero attached hydrogens (tertiary/aromatic N) is 1. The van der Waals surface area contributed by atoms with Crippen molar-refractivity contribution in [3.05, 3.63) is 77.6 Å². The summed E-state index contributed by atoms with van der Waals surface area (Å²) in [6, 6.07) is 18.4. The Labute approximate surface area is 122 Å². The standard InChI is InChI=1S/C17H15N3O/c1-3-7-15-13(5-1)17(18-11-12-9-10-19-20-12)14-6-2-4-8-16(14)21-15/h1-10,17-18H,11H2,(H,19,20). The van der Waals surface area contributed by atoms with E-state index in [0.29, 0.717) is 0 Å². The van der Waals surface area contributed by atoms with Crippen molar-refractivity contribution < 1.29 is 4.74 Å². The highest BCUT2D eigenvalue weighted by molar-refractivity contribution is 5.52. The van der Waals surface area contributed by atoms with Crippen molar-refractivity contribution >= 4 is 0 Å². The maximum Gasteiger partial charge on any atom is 0.132 e. The lowest BCUT2D eigenvalue weighted by Gasteiger charge is -2.28. The predicted octanol–water partition coefficient (Wildman–Crippen LogP) is 3.39. The first kappa shape index (κ1) is 12.2. The number of hydrogen-bond acceptors (Lipinski definition) is 3. The van der Waals surface area contributed by atoms with Crippen LogP contribution in [-0.4, -0.2) is 10.2 Å². The van der Waals surface area contributed by atoms with Crippen molar-refractivity contribution in [3.8, 4) is 11.5 Å². The van der Waals surface area contributed by atoms with Gasteiger partial charge in [-0.15, -0.1) is 0 Å². The maximum atomic E-state index is 5.98. The molecule has 0 atom stereocenters. The van der Waals surface area contributed by atoms with Gasteiger partial charge in [-0.2, -0.15) is 5.10 Å². The Kier molecular flexibility index (Phi) is 2.94. The Bertz CT molecular complexity index is 707. The third-order valence-corrected chi connectivity index (χ3v) is 3.73. The van der Waals surface area contributed by atoms with Gasteiger partial charge in [0.2, 0.25) is 0 Å². The number of nitrogens with one attached hydrogen (secondary N) is 2. The third-order valence-electron chi connectivity index (χ3n) is 3.73. The Morgan fingerprint density at radius 1 is 0.952 bits per heavy atom. The van der Waals surface area contributed by atoms with Crippen LogP contribution in [0.1, 0.15) is 22.9 Å². The van der Waals surface area contributed by atoms with Gasteiger partial charge in [-0.1, -0.05) is 36.4 Å². The number of hydrogen-bond donors (Lipinski definition) is 2. The normalized spacial score (nSPS) is 13.3. The van der Waals surface area contributed by atoms with Crippen LogP contribution in [0.15, 0.2) is 60.8 Å². The molecule has 1 aliphatic heterocycles. The number of fused-ring (bicyclic) bond motifs is 2. The second-order valence-electron chi connectivity index (χ2n) is 5.07. The molecule has 21 heavy (non-hydrogen) atoms. The van der Waals surface area contributed by atoms with E-state index < -0.39 is 0 Å². The van der Waals surface area contributed by atoms with Gasteiger partial charge in [0.05, 0.1) is 6.04 Å². The molecular formula is C17H15N3O. The largest absolute Gasteiger partial charge is 0.457 e. The average Bonchev–Trinajstić information content (AvgIpc) is 3.05. The second kappa shape index (κ2) is 5.07. The molecule has 2 aromatic carbocycles. The number of para-hydroxylation sites is 2. The van der Waals surface area contributed by atoms with Gasteiger partial charge in [-0.3, -0.25) is 5.10 Å². The molecule has 0 radical (unpaired) electrons. The van der Waals surface area contributed by atoms with Crippen molar-refractivity contribution in [2.24, 2.45) is 0 Å². The summed E-state index contributed by atoms with van der Waals surface area (Å²) in [4.78, 5) is 0. The zero-order chi connectivity index (χ0) is 14.1. The molecule has 0 bridgehead atoms. The molecule has 0 amide bonds. The molecule has 0 aliphatic carbocycles. The maximum absolute atomic E-state index is 5.98. The van der Waals surface area contributed by atoms with Crippen LogP contribution in [0.25, 0.3) is 0 Å². The van der Waals surface area contributed by atoms with E-state index in [-0.39, 0.29) is 6.04 Å². The zero-order valence-electron chi connectivity index (χ0n) is 11.4. The molecule has 1 aliphatic rings. The van der Waals surface area contributed by atoms with Gasteiger partial charge in [0.1, 0.15) is 11.5 Å². The lowest BCUT2D eigenvalue weighted by Crippen LogP contribution is -2.25. The highest BCUT2D eigenvalue weighted by Gasteiger charge is 2.26. The Balaban J connectivity index is 1.71. The van der Waals surface area contributed by atoms with E-state index in [4.69, 9.17) is 4.74 Å².